The molecule has 2 aromatic rings. The van der Waals surface area contributed by atoms with Crippen molar-refractivity contribution in [2.45, 2.75) is 41.6 Å². The smallest absolute Gasteiger partial charge is 0.325 e. The summed E-state index contributed by atoms with van der Waals surface area (Å²) in [5.41, 5.74) is 7.35. The number of esters is 1. The first-order chi connectivity index (χ1) is 10.1. The maximum absolute atomic E-state index is 11.8. The molecule has 5 nitrogen and oxygen atoms in total. The maximum atomic E-state index is 11.8. The van der Waals surface area contributed by atoms with Gasteiger partial charge in [0.2, 0.25) is 0 Å². The molecule has 0 amide bonds. The van der Waals surface area contributed by atoms with E-state index in [-0.39, 0.29) is 11.2 Å². The number of carbonyl (C=O) groups excluding carboxylic acids is 1. The van der Waals surface area contributed by atoms with Crippen LogP contribution in [0.4, 0.5) is 0 Å². The highest BCUT2D eigenvalue weighted by Crippen LogP contribution is 2.37. The van der Waals surface area contributed by atoms with Gasteiger partial charge in [-0.05, 0) is 37.8 Å². The van der Waals surface area contributed by atoms with Crippen LogP contribution >= 0.6 is 11.8 Å². The summed E-state index contributed by atoms with van der Waals surface area (Å²) in [5, 5.41) is 1.17. The number of hydrogen-bond donors (Lipinski definition) is 2. The number of nitrogens with two attached hydrogens (primary N) is 1. The van der Waals surface area contributed by atoms with Gasteiger partial charge in [-0.15, -0.1) is 0 Å². The van der Waals surface area contributed by atoms with Crippen LogP contribution in [0.25, 0.3) is 11.0 Å². The lowest BCUT2D eigenvalue weighted by molar-refractivity contribution is -0.148. The first-order valence-electron chi connectivity index (χ1n) is 7.09. The monoisotopic (exact) mass is 305 g/mol. The third-order valence-electron chi connectivity index (χ3n) is 3.98. The number of thioether (sulfide) groups is 1. The SMILES string of the molecule is COC(=O)C1(N)CCCC(Sc2nc3ccccc3[nH]2)C1. The van der Waals surface area contributed by atoms with Crippen molar-refractivity contribution in [3.8, 4) is 0 Å². The average Bonchev–Trinajstić information content (AvgIpc) is 2.88. The molecule has 112 valence electrons. The predicted molar refractivity (Wildman–Crippen MR) is 83.1 cm³/mol. The molecule has 1 heterocycles. The Morgan fingerprint density at radius 3 is 3.10 bits per heavy atom. The van der Waals surface area contributed by atoms with Crippen molar-refractivity contribution in [3.63, 3.8) is 0 Å². The van der Waals surface area contributed by atoms with Crippen LogP contribution in [0.3, 0.4) is 0 Å². The first kappa shape index (κ1) is 14.4. The largest absolute Gasteiger partial charge is 0.468 e. The van der Waals surface area contributed by atoms with Crippen molar-refractivity contribution in [3.05, 3.63) is 24.3 Å². The number of nitrogens with one attached hydrogen (secondary N) is 1. The number of H-pyrrole nitrogens is 1. The Morgan fingerprint density at radius 1 is 1.52 bits per heavy atom. The molecule has 1 fully saturated rings. The molecule has 0 bridgehead atoms. The highest BCUT2D eigenvalue weighted by molar-refractivity contribution is 7.99. The fourth-order valence-electron chi connectivity index (χ4n) is 2.89. The number of hydrogen-bond acceptors (Lipinski definition) is 5. The number of imidazole rings is 1. The number of aromatic amines is 1. The number of methoxy groups -OCH3 is 1. The second-order valence-electron chi connectivity index (χ2n) is 5.54. The van der Waals surface area contributed by atoms with Crippen LogP contribution in [0.1, 0.15) is 25.7 Å². The molecule has 1 aliphatic rings. The summed E-state index contributed by atoms with van der Waals surface area (Å²) in [4.78, 5) is 19.7. The molecule has 0 saturated heterocycles. The Balaban J connectivity index is 1.73. The van der Waals surface area contributed by atoms with Gasteiger partial charge in [-0.3, -0.25) is 4.79 Å². The van der Waals surface area contributed by atoms with Gasteiger partial charge in [0, 0.05) is 5.25 Å². The van der Waals surface area contributed by atoms with Gasteiger partial charge in [0.15, 0.2) is 5.16 Å². The van der Waals surface area contributed by atoms with E-state index in [4.69, 9.17) is 10.5 Å². The molecular weight excluding hydrogens is 286 g/mol. The normalized spacial score (nSPS) is 25.9. The highest BCUT2D eigenvalue weighted by atomic mass is 32.2. The molecule has 3 rings (SSSR count). The lowest BCUT2D eigenvalue weighted by Gasteiger charge is -2.34. The van der Waals surface area contributed by atoms with Gasteiger partial charge in [0.1, 0.15) is 5.54 Å². The number of para-hydroxylation sites is 2. The Kier molecular flexibility index (Phi) is 3.91. The summed E-state index contributed by atoms with van der Waals surface area (Å²) < 4.78 is 4.84. The zero-order valence-corrected chi connectivity index (χ0v) is 12.8. The topological polar surface area (TPSA) is 81.0 Å². The van der Waals surface area contributed by atoms with E-state index in [0.717, 1.165) is 29.0 Å². The van der Waals surface area contributed by atoms with E-state index in [1.807, 2.05) is 24.3 Å². The van der Waals surface area contributed by atoms with Crippen molar-refractivity contribution >= 4 is 28.8 Å². The second kappa shape index (κ2) is 5.69. The number of ether oxygens (including phenoxy) is 1. The number of fused-ring (bicyclic) bond motifs is 1. The second-order valence-corrected chi connectivity index (χ2v) is 6.83. The van der Waals surface area contributed by atoms with E-state index >= 15 is 0 Å². The molecule has 0 radical (unpaired) electrons. The fraction of sp³-hybridized carbons (Fsp3) is 0.467. The number of benzene rings is 1. The van der Waals surface area contributed by atoms with E-state index in [2.05, 4.69) is 9.97 Å². The first-order valence-corrected chi connectivity index (χ1v) is 7.97. The van der Waals surface area contributed by atoms with E-state index in [1.165, 1.54) is 7.11 Å². The molecule has 1 saturated carbocycles. The lowest BCUT2D eigenvalue weighted by Crippen LogP contribution is -2.52. The van der Waals surface area contributed by atoms with E-state index in [0.29, 0.717) is 12.8 Å². The Morgan fingerprint density at radius 2 is 2.33 bits per heavy atom. The summed E-state index contributed by atoms with van der Waals surface area (Å²) in [6.07, 6.45) is 3.29. The molecule has 3 N–H and O–H groups in total. The third-order valence-corrected chi connectivity index (χ3v) is 5.13. The maximum Gasteiger partial charge on any atom is 0.325 e. The zero-order chi connectivity index (χ0) is 14.9. The van der Waals surface area contributed by atoms with Crippen LogP contribution in [0.5, 0.6) is 0 Å². The minimum Gasteiger partial charge on any atom is -0.468 e. The number of rotatable bonds is 3. The van der Waals surface area contributed by atoms with Gasteiger partial charge in [0.25, 0.3) is 0 Å². The van der Waals surface area contributed by atoms with Crippen molar-refractivity contribution in [1.29, 1.82) is 0 Å². The average molecular weight is 305 g/mol. The molecular formula is C15H19N3O2S. The Labute approximate surface area is 127 Å². The summed E-state index contributed by atoms with van der Waals surface area (Å²) in [6, 6.07) is 7.95. The van der Waals surface area contributed by atoms with Crippen molar-refractivity contribution < 1.29 is 9.53 Å². The fourth-order valence-corrected chi connectivity index (χ4v) is 4.19. The summed E-state index contributed by atoms with van der Waals surface area (Å²) in [7, 11) is 1.40. The van der Waals surface area contributed by atoms with Crippen LogP contribution in [-0.4, -0.2) is 33.8 Å². The van der Waals surface area contributed by atoms with Crippen LogP contribution in [0.15, 0.2) is 29.4 Å². The quantitative estimate of drug-likeness (QED) is 0.851. The van der Waals surface area contributed by atoms with Crippen LogP contribution in [-0.2, 0) is 9.53 Å². The molecule has 6 heteroatoms. The summed E-state index contributed by atoms with van der Waals surface area (Å²) >= 11 is 1.67. The molecule has 1 aromatic heterocycles. The van der Waals surface area contributed by atoms with Crippen molar-refractivity contribution in [2.75, 3.05) is 7.11 Å². The van der Waals surface area contributed by atoms with Gasteiger partial charge in [-0.2, -0.15) is 0 Å². The van der Waals surface area contributed by atoms with Gasteiger partial charge in [-0.1, -0.05) is 23.9 Å². The number of carbonyl (C=O) groups is 1. The zero-order valence-electron chi connectivity index (χ0n) is 12.0. The van der Waals surface area contributed by atoms with Crippen LogP contribution in [0, 0.1) is 0 Å². The predicted octanol–water partition coefficient (Wildman–Crippen LogP) is 2.47. The minimum absolute atomic E-state index is 0.281. The van der Waals surface area contributed by atoms with Gasteiger partial charge in [0.05, 0.1) is 18.1 Å². The van der Waals surface area contributed by atoms with Gasteiger partial charge >= 0.3 is 5.97 Å². The minimum atomic E-state index is -0.851. The van der Waals surface area contributed by atoms with E-state index < -0.39 is 5.54 Å². The van der Waals surface area contributed by atoms with Crippen molar-refractivity contribution in [1.82, 2.24) is 9.97 Å². The molecule has 0 spiro atoms. The summed E-state index contributed by atoms with van der Waals surface area (Å²) in [6.45, 7) is 0. The molecule has 2 unspecified atom stereocenters. The Hall–Kier alpha value is -1.53. The molecule has 0 aliphatic heterocycles. The highest BCUT2D eigenvalue weighted by Gasteiger charge is 2.40. The summed E-state index contributed by atoms with van der Waals surface area (Å²) in [5.74, 6) is -0.308. The third kappa shape index (κ3) is 2.91. The standard InChI is InChI=1S/C15H19N3O2S/c1-20-13(19)15(16)8-4-5-10(9-15)21-14-17-11-6-2-3-7-12(11)18-14/h2-3,6-7,10H,4-5,8-9,16H2,1H3,(H,17,18). The van der Waals surface area contributed by atoms with Gasteiger partial charge in [-0.25, -0.2) is 4.98 Å². The lowest BCUT2D eigenvalue weighted by atomic mass is 9.82. The molecule has 21 heavy (non-hydrogen) atoms. The Bertz CT molecular complexity index is 624. The van der Waals surface area contributed by atoms with E-state index in [9.17, 15) is 4.79 Å². The van der Waals surface area contributed by atoms with Crippen molar-refractivity contribution in [2.24, 2.45) is 5.73 Å². The number of nitrogens with zero attached hydrogens (tertiary/aromatic N) is 1. The van der Waals surface area contributed by atoms with Gasteiger partial charge < -0.3 is 15.5 Å². The number of aromatic nitrogens is 2. The molecule has 1 aliphatic carbocycles. The van der Waals surface area contributed by atoms with Crippen LogP contribution < -0.4 is 5.73 Å². The van der Waals surface area contributed by atoms with E-state index in [1.54, 1.807) is 11.8 Å². The van der Waals surface area contributed by atoms with Crippen LogP contribution in [0.2, 0.25) is 0 Å². The molecule has 2 atom stereocenters. The molecule has 1 aromatic carbocycles.